The maximum absolute atomic E-state index is 13.6. The van der Waals surface area contributed by atoms with Crippen molar-refractivity contribution in [3.63, 3.8) is 0 Å². The van der Waals surface area contributed by atoms with Crippen LogP contribution in [0.3, 0.4) is 0 Å². The van der Waals surface area contributed by atoms with E-state index in [-0.39, 0.29) is 17.9 Å². The van der Waals surface area contributed by atoms with Crippen molar-refractivity contribution in [1.82, 2.24) is 9.88 Å². The van der Waals surface area contributed by atoms with Crippen LogP contribution in [0.25, 0.3) is 11.0 Å². The van der Waals surface area contributed by atoms with Crippen molar-refractivity contribution in [3.05, 3.63) is 106 Å². The van der Waals surface area contributed by atoms with Gasteiger partial charge in [-0.05, 0) is 53.6 Å². The predicted molar refractivity (Wildman–Crippen MR) is 126 cm³/mol. The van der Waals surface area contributed by atoms with Crippen LogP contribution in [0.15, 0.2) is 88.8 Å². The Labute approximate surface area is 199 Å². The average Bonchev–Trinajstić information content (AvgIpc) is 3.38. The Hall–Kier alpha value is -4.10. The van der Waals surface area contributed by atoms with Crippen molar-refractivity contribution in [2.75, 3.05) is 7.11 Å². The fourth-order valence-electron chi connectivity index (χ4n) is 4.15. The highest BCUT2D eigenvalue weighted by atomic mass is 35.5. The minimum absolute atomic E-state index is 0.00254. The fourth-order valence-corrected chi connectivity index (χ4v) is 4.33. The van der Waals surface area contributed by atoms with Gasteiger partial charge >= 0.3 is 0 Å². The Morgan fingerprint density at radius 2 is 2.03 bits per heavy atom. The lowest BCUT2D eigenvalue weighted by Crippen LogP contribution is -2.30. The molecule has 7 nitrogen and oxygen atoms in total. The van der Waals surface area contributed by atoms with Gasteiger partial charge in [-0.3, -0.25) is 14.6 Å². The predicted octanol–water partition coefficient (Wildman–Crippen LogP) is 5.27. The minimum Gasteiger partial charge on any atom is -0.503 e. The molecule has 2 aromatic carbocycles. The molecule has 0 spiro atoms. The molecule has 1 atom stereocenters. The van der Waals surface area contributed by atoms with Crippen molar-refractivity contribution in [2.45, 2.75) is 12.6 Å². The molecule has 5 rings (SSSR count). The number of fused-ring (bicyclic) bond motifs is 1. The number of Topliss-reactive ketones (excluding diaryl/α,β-unsaturated/α-hetero) is 1. The second-order valence-electron chi connectivity index (χ2n) is 7.86. The second-order valence-corrected chi connectivity index (χ2v) is 8.29. The van der Waals surface area contributed by atoms with E-state index >= 15 is 0 Å². The van der Waals surface area contributed by atoms with Crippen LogP contribution in [-0.2, 0) is 11.3 Å². The van der Waals surface area contributed by atoms with Crippen LogP contribution >= 0.6 is 11.6 Å². The zero-order chi connectivity index (χ0) is 23.8. The highest BCUT2D eigenvalue weighted by molar-refractivity contribution is 6.31. The standard InChI is InChI=1S/C26H19ClN2O5/c1-33-19-6-2-5-16(11-19)23-22(24(30)21-12-17-10-18(27)7-8-20(17)34-21)25(31)26(32)29(23)14-15-4-3-9-28-13-15/h2-13,23,31H,14H2,1H3. The van der Waals surface area contributed by atoms with Crippen molar-refractivity contribution < 1.29 is 23.8 Å². The van der Waals surface area contributed by atoms with E-state index in [2.05, 4.69) is 4.98 Å². The van der Waals surface area contributed by atoms with Gasteiger partial charge in [0.25, 0.3) is 5.91 Å². The third-order valence-corrected chi connectivity index (χ3v) is 5.97. The molecule has 1 aliphatic heterocycles. The molecule has 0 bridgehead atoms. The number of hydrogen-bond acceptors (Lipinski definition) is 6. The first-order chi connectivity index (χ1) is 16.5. The summed E-state index contributed by atoms with van der Waals surface area (Å²) in [5.74, 6) is -1.29. The molecule has 170 valence electrons. The molecular weight excluding hydrogens is 456 g/mol. The second kappa shape index (κ2) is 8.68. The number of carbonyl (C=O) groups is 2. The summed E-state index contributed by atoms with van der Waals surface area (Å²) in [7, 11) is 1.53. The number of rotatable bonds is 6. The Morgan fingerprint density at radius 1 is 1.18 bits per heavy atom. The van der Waals surface area contributed by atoms with E-state index in [1.165, 1.54) is 12.0 Å². The van der Waals surface area contributed by atoms with Gasteiger partial charge in [0, 0.05) is 29.3 Å². The van der Waals surface area contributed by atoms with Gasteiger partial charge in [0.15, 0.2) is 11.5 Å². The summed E-state index contributed by atoms with van der Waals surface area (Å²) < 4.78 is 11.1. The molecule has 1 aliphatic rings. The Bertz CT molecular complexity index is 1440. The zero-order valence-corrected chi connectivity index (χ0v) is 18.8. The number of furan rings is 1. The average molecular weight is 475 g/mol. The van der Waals surface area contributed by atoms with Crippen LogP contribution in [0.2, 0.25) is 5.02 Å². The fraction of sp³-hybridized carbons (Fsp3) is 0.115. The molecule has 0 radical (unpaired) electrons. The number of amides is 1. The highest BCUT2D eigenvalue weighted by Gasteiger charge is 2.44. The summed E-state index contributed by atoms with van der Waals surface area (Å²) in [5, 5.41) is 12.0. The number of aromatic nitrogens is 1. The minimum atomic E-state index is -0.855. The Kier molecular flexibility index (Phi) is 5.55. The van der Waals surface area contributed by atoms with Crippen LogP contribution in [0.5, 0.6) is 5.75 Å². The van der Waals surface area contributed by atoms with Gasteiger partial charge in [-0.2, -0.15) is 0 Å². The number of carbonyl (C=O) groups excluding carboxylic acids is 2. The van der Waals surface area contributed by atoms with Crippen molar-refractivity contribution in [3.8, 4) is 5.75 Å². The lowest BCUT2D eigenvalue weighted by atomic mass is 9.94. The van der Waals surface area contributed by atoms with Crippen molar-refractivity contribution >= 4 is 34.3 Å². The molecule has 4 aromatic rings. The molecule has 1 amide bonds. The summed E-state index contributed by atoms with van der Waals surface area (Å²) >= 11 is 6.06. The molecule has 34 heavy (non-hydrogen) atoms. The molecule has 0 saturated heterocycles. The number of nitrogens with zero attached hydrogens (tertiary/aromatic N) is 2. The largest absolute Gasteiger partial charge is 0.503 e. The molecule has 8 heteroatoms. The number of ketones is 1. The first-order valence-corrected chi connectivity index (χ1v) is 10.8. The quantitative estimate of drug-likeness (QED) is 0.383. The van der Waals surface area contributed by atoms with Gasteiger partial charge in [-0.25, -0.2) is 0 Å². The zero-order valence-electron chi connectivity index (χ0n) is 18.1. The van der Waals surface area contributed by atoms with Gasteiger partial charge in [0.05, 0.1) is 18.7 Å². The van der Waals surface area contributed by atoms with Crippen LogP contribution in [0.1, 0.15) is 27.7 Å². The van der Waals surface area contributed by atoms with Crippen LogP contribution in [0, 0.1) is 0 Å². The third-order valence-electron chi connectivity index (χ3n) is 5.74. The van der Waals surface area contributed by atoms with E-state index in [0.717, 1.165) is 5.56 Å². The molecule has 1 unspecified atom stereocenters. The molecule has 0 aliphatic carbocycles. The molecule has 0 saturated carbocycles. The van der Waals surface area contributed by atoms with E-state index in [0.29, 0.717) is 27.3 Å². The Balaban J connectivity index is 1.61. The summed E-state index contributed by atoms with van der Waals surface area (Å²) in [6.45, 7) is 0.144. The maximum atomic E-state index is 13.6. The van der Waals surface area contributed by atoms with Crippen LogP contribution in [0.4, 0.5) is 0 Å². The number of halogens is 1. The smallest absolute Gasteiger partial charge is 0.290 e. The normalized spacial score (nSPS) is 15.9. The summed E-state index contributed by atoms with van der Waals surface area (Å²) in [6.07, 6.45) is 3.27. The monoisotopic (exact) mass is 474 g/mol. The SMILES string of the molecule is COc1cccc(C2C(C(=O)c3cc4cc(Cl)ccc4o3)=C(O)C(=O)N2Cc2cccnc2)c1. The first kappa shape index (κ1) is 21.7. The van der Waals surface area contributed by atoms with Gasteiger partial charge in [-0.15, -0.1) is 0 Å². The van der Waals surface area contributed by atoms with Crippen molar-refractivity contribution in [1.29, 1.82) is 0 Å². The van der Waals surface area contributed by atoms with Gasteiger partial charge in [-0.1, -0.05) is 29.8 Å². The third kappa shape index (κ3) is 3.80. The summed E-state index contributed by atoms with van der Waals surface area (Å²) in [6, 6.07) is 16.3. The van der Waals surface area contributed by atoms with E-state index in [1.54, 1.807) is 67.0 Å². The number of pyridine rings is 1. The summed E-state index contributed by atoms with van der Waals surface area (Å²) in [5.41, 5.74) is 1.78. The highest BCUT2D eigenvalue weighted by Crippen LogP contribution is 2.41. The van der Waals surface area contributed by atoms with Gasteiger partial charge in [0.2, 0.25) is 5.78 Å². The lowest BCUT2D eigenvalue weighted by Gasteiger charge is -2.27. The maximum Gasteiger partial charge on any atom is 0.290 e. The van der Waals surface area contributed by atoms with E-state index in [1.807, 2.05) is 6.07 Å². The number of methoxy groups -OCH3 is 1. The van der Waals surface area contributed by atoms with E-state index in [4.69, 9.17) is 20.8 Å². The molecule has 0 fully saturated rings. The Morgan fingerprint density at radius 3 is 2.79 bits per heavy atom. The topological polar surface area (TPSA) is 92.9 Å². The molecule has 3 heterocycles. The molecule has 1 N–H and O–H groups in total. The van der Waals surface area contributed by atoms with Crippen molar-refractivity contribution in [2.24, 2.45) is 0 Å². The van der Waals surface area contributed by atoms with Gasteiger partial charge in [0.1, 0.15) is 11.3 Å². The number of aliphatic hydroxyl groups excluding tert-OH is 1. The van der Waals surface area contributed by atoms with Crippen LogP contribution in [-0.4, -0.2) is 33.8 Å². The molecular formula is C26H19ClN2O5. The van der Waals surface area contributed by atoms with E-state index in [9.17, 15) is 14.7 Å². The number of aliphatic hydroxyl groups is 1. The number of ether oxygens (including phenoxy) is 1. The first-order valence-electron chi connectivity index (χ1n) is 10.5. The van der Waals surface area contributed by atoms with Gasteiger partial charge < -0.3 is 19.2 Å². The summed E-state index contributed by atoms with van der Waals surface area (Å²) in [4.78, 5) is 32.3. The molecule has 2 aromatic heterocycles. The van der Waals surface area contributed by atoms with E-state index < -0.39 is 23.5 Å². The lowest BCUT2D eigenvalue weighted by molar-refractivity contribution is -0.130. The number of hydrogen-bond donors (Lipinski definition) is 1. The number of benzene rings is 2. The van der Waals surface area contributed by atoms with Crippen LogP contribution < -0.4 is 4.74 Å².